The van der Waals surface area contributed by atoms with Crippen molar-refractivity contribution < 1.29 is 14.3 Å². The fourth-order valence-electron chi connectivity index (χ4n) is 2.64. The van der Waals surface area contributed by atoms with Crippen LogP contribution in [0.15, 0.2) is 0 Å². The third kappa shape index (κ3) is 5.20. The van der Waals surface area contributed by atoms with Crippen LogP contribution in [-0.2, 0) is 14.3 Å². The van der Waals surface area contributed by atoms with Crippen LogP contribution >= 0.6 is 12.4 Å². The normalized spacial score (nSPS) is 21.9. The molecule has 0 spiro atoms. The van der Waals surface area contributed by atoms with Gasteiger partial charge in [-0.25, -0.2) is 0 Å². The summed E-state index contributed by atoms with van der Waals surface area (Å²) in [4.78, 5) is 14.5. The van der Waals surface area contributed by atoms with Crippen molar-refractivity contribution in [3.05, 3.63) is 0 Å². The molecule has 0 bridgehead atoms. The molecule has 1 rings (SSSR count). The molecule has 0 aromatic carbocycles. The first-order chi connectivity index (χ1) is 9.17. The van der Waals surface area contributed by atoms with Crippen LogP contribution in [0.2, 0.25) is 0 Å². The highest BCUT2D eigenvalue weighted by Gasteiger charge is 2.34. The maximum atomic E-state index is 12.6. The zero-order valence-electron chi connectivity index (χ0n) is 12.8. The maximum Gasteiger partial charge on any atom is 0.252 e. The van der Waals surface area contributed by atoms with E-state index in [-0.39, 0.29) is 36.6 Å². The smallest absolute Gasteiger partial charge is 0.252 e. The number of carbonyl (C=O) groups excluding carboxylic acids is 1. The van der Waals surface area contributed by atoms with Crippen molar-refractivity contribution in [2.24, 2.45) is 5.73 Å². The number of amides is 1. The van der Waals surface area contributed by atoms with Crippen LogP contribution in [0.1, 0.15) is 39.5 Å². The highest BCUT2D eigenvalue weighted by Crippen LogP contribution is 2.22. The Balaban J connectivity index is 0.00000361. The van der Waals surface area contributed by atoms with E-state index in [1.165, 1.54) is 0 Å². The first-order valence-electron chi connectivity index (χ1n) is 7.32. The van der Waals surface area contributed by atoms with Gasteiger partial charge in [-0.3, -0.25) is 4.79 Å². The summed E-state index contributed by atoms with van der Waals surface area (Å²) in [5.41, 5.74) is 5.59. The molecule has 2 N–H and O–H groups in total. The van der Waals surface area contributed by atoms with Gasteiger partial charge >= 0.3 is 0 Å². The van der Waals surface area contributed by atoms with E-state index in [4.69, 9.17) is 15.2 Å². The number of nitrogens with zero attached hydrogens (tertiary/aromatic N) is 1. The fraction of sp³-hybridized carbons (Fsp3) is 0.929. The zero-order chi connectivity index (χ0) is 14.3. The molecule has 0 aromatic rings. The highest BCUT2D eigenvalue weighted by atomic mass is 35.5. The van der Waals surface area contributed by atoms with E-state index >= 15 is 0 Å². The summed E-state index contributed by atoms with van der Waals surface area (Å²) >= 11 is 0. The summed E-state index contributed by atoms with van der Waals surface area (Å²) in [6.45, 7) is 5.91. The molecule has 0 radical (unpaired) electrons. The van der Waals surface area contributed by atoms with Crippen molar-refractivity contribution in [3.8, 4) is 0 Å². The number of halogens is 1. The average molecular weight is 309 g/mol. The van der Waals surface area contributed by atoms with Gasteiger partial charge in [0.25, 0.3) is 5.91 Å². The molecule has 1 saturated heterocycles. The van der Waals surface area contributed by atoms with Crippen molar-refractivity contribution in [2.45, 2.75) is 57.8 Å². The van der Waals surface area contributed by atoms with Gasteiger partial charge in [0.1, 0.15) is 6.10 Å². The Morgan fingerprint density at radius 3 is 2.50 bits per heavy atom. The average Bonchev–Trinajstić information content (AvgIpc) is 2.91. The SMILES string of the molecule is CCC(CC)N(CCOC)C(=O)[C@@H]1CC[C@H](CN)O1.Cl. The summed E-state index contributed by atoms with van der Waals surface area (Å²) < 4.78 is 10.8. The van der Waals surface area contributed by atoms with Gasteiger partial charge in [-0.05, 0) is 25.7 Å². The number of rotatable bonds is 8. The third-order valence-electron chi connectivity index (χ3n) is 3.85. The van der Waals surface area contributed by atoms with Gasteiger partial charge in [-0.15, -0.1) is 12.4 Å². The summed E-state index contributed by atoms with van der Waals surface area (Å²) in [5, 5.41) is 0. The number of hydrogen-bond donors (Lipinski definition) is 1. The van der Waals surface area contributed by atoms with E-state index in [9.17, 15) is 4.79 Å². The van der Waals surface area contributed by atoms with Gasteiger partial charge in [0.05, 0.1) is 12.7 Å². The van der Waals surface area contributed by atoms with Crippen LogP contribution in [0.5, 0.6) is 0 Å². The lowest BCUT2D eigenvalue weighted by Crippen LogP contribution is -2.47. The summed E-state index contributed by atoms with van der Waals surface area (Å²) in [7, 11) is 1.66. The number of hydrogen-bond acceptors (Lipinski definition) is 4. The van der Waals surface area contributed by atoms with Crippen LogP contribution in [0, 0.1) is 0 Å². The molecule has 0 saturated carbocycles. The molecule has 1 amide bonds. The predicted molar refractivity (Wildman–Crippen MR) is 82.2 cm³/mol. The van der Waals surface area contributed by atoms with Crippen LogP contribution in [0.3, 0.4) is 0 Å². The summed E-state index contributed by atoms with van der Waals surface area (Å²) in [6.07, 6.45) is 3.31. The number of methoxy groups -OCH3 is 1. The number of ether oxygens (including phenoxy) is 2. The first kappa shape index (κ1) is 19.6. The second-order valence-electron chi connectivity index (χ2n) is 5.05. The van der Waals surface area contributed by atoms with Crippen molar-refractivity contribution in [1.29, 1.82) is 0 Å². The topological polar surface area (TPSA) is 64.8 Å². The maximum absolute atomic E-state index is 12.6. The molecule has 2 atom stereocenters. The van der Waals surface area contributed by atoms with Crippen molar-refractivity contribution >= 4 is 18.3 Å². The zero-order valence-corrected chi connectivity index (χ0v) is 13.7. The molecule has 0 aliphatic carbocycles. The van der Waals surface area contributed by atoms with Gasteiger partial charge in [-0.1, -0.05) is 13.8 Å². The number of nitrogens with two attached hydrogens (primary N) is 1. The minimum Gasteiger partial charge on any atom is -0.383 e. The molecule has 1 aliphatic rings. The van der Waals surface area contributed by atoms with Crippen molar-refractivity contribution in [2.75, 3.05) is 26.8 Å². The minimum absolute atomic E-state index is 0. The highest BCUT2D eigenvalue weighted by molar-refractivity contribution is 5.85. The van der Waals surface area contributed by atoms with Crippen molar-refractivity contribution in [3.63, 3.8) is 0 Å². The molecule has 5 nitrogen and oxygen atoms in total. The molecule has 20 heavy (non-hydrogen) atoms. The van der Waals surface area contributed by atoms with Gasteiger partial charge in [0, 0.05) is 26.2 Å². The molecule has 0 aromatic heterocycles. The predicted octanol–water partition coefficient (Wildman–Crippen LogP) is 1.58. The Bertz CT molecular complexity index is 275. The molecule has 0 unspecified atom stereocenters. The molecule has 1 fully saturated rings. The Kier molecular flexibility index (Phi) is 10.2. The van der Waals surface area contributed by atoms with E-state index in [2.05, 4.69) is 13.8 Å². The summed E-state index contributed by atoms with van der Waals surface area (Å²) in [5.74, 6) is 0.0988. The van der Waals surface area contributed by atoms with E-state index in [0.29, 0.717) is 19.7 Å². The lowest BCUT2D eigenvalue weighted by Gasteiger charge is -2.32. The molecule has 120 valence electrons. The fourth-order valence-corrected chi connectivity index (χ4v) is 2.64. The van der Waals surface area contributed by atoms with Crippen LogP contribution in [-0.4, -0.2) is 55.9 Å². The minimum atomic E-state index is -0.314. The quantitative estimate of drug-likeness (QED) is 0.739. The monoisotopic (exact) mass is 308 g/mol. The Hall–Kier alpha value is -0.360. The van der Waals surface area contributed by atoms with Gasteiger partial charge in [0.15, 0.2) is 0 Å². The molecular weight excluding hydrogens is 280 g/mol. The lowest BCUT2D eigenvalue weighted by atomic mass is 10.1. The summed E-state index contributed by atoms with van der Waals surface area (Å²) in [6, 6.07) is 0.267. The second kappa shape index (κ2) is 10.4. The van der Waals surface area contributed by atoms with Gasteiger partial charge in [0.2, 0.25) is 0 Å². The van der Waals surface area contributed by atoms with E-state index in [0.717, 1.165) is 25.7 Å². The first-order valence-corrected chi connectivity index (χ1v) is 7.32. The molecule has 1 heterocycles. The van der Waals surface area contributed by atoms with Crippen LogP contribution in [0.4, 0.5) is 0 Å². The second-order valence-corrected chi connectivity index (χ2v) is 5.05. The lowest BCUT2D eigenvalue weighted by molar-refractivity contribution is -0.146. The Labute approximate surface area is 128 Å². The standard InChI is InChI=1S/C14H28N2O3.ClH/c1-4-11(5-2)16(8-9-18-3)14(17)13-7-6-12(10-15)19-13;/h11-13H,4-10,15H2,1-3H3;1H/t12-,13+;/m1./s1. The van der Waals surface area contributed by atoms with Gasteiger partial charge in [-0.2, -0.15) is 0 Å². The Morgan fingerprint density at radius 2 is 2.05 bits per heavy atom. The molecule has 1 aliphatic heterocycles. The third-order valence-corrected chi connectivity index (χ3v) is 3.85. The largest absolute Gasteiger partial charge is 0.383 e. The van der Waals surface area contributed by atoms with Crippen LogP contribution < -0.4 is 5.73 Å². The number of carbonyl (C=O) groups is 1. The Morgan fingerprint density at radius 1 is 1.40 bits per heavy atom. The van der Waals surface area contributed by atoms with Crippen molar-refractivity contribution in [1.82, 2.24) is 4.90 Å². The molecule has 6 heteroatoms. The van der Waals surface area contributed by atoms with E-state index in [1.807, 2.05) is 4.90 Å². The molecular formula is C14H29ClN2O3. The van der Waals surface area contributed by atoms with Crippen LogP contribution in [0.25, 0.3) is 0 Å². The van der Waals surface area contributed by atoms with E-state index in [1.54, 1.807) is 7.11 Å². The van der Waals surface area contributed by atoms with E-state index < -0.39 is 0 Å². The van der Waals surface area contributed by atoms with Gasteiger partial charge < -0.3 is 20.1 Å².